The number of hydrogen-bond donors (Lipinski definition) is 1. The standard InChI is InChI=1S/C10H9F3O2/c11-10(12,13)8-3-1-2-7(4-8)9(14)5-15-6-9/h1-4,14H,5-6H2. The highest BCUT2D eigenvalue weighted by molar-refractivity contribution is 5.31. The van der Waals surface area contributed by atoms with Crippen molar-refractivity contribution in [1.29, 1.82) is 0 Å². The average molecular weight is 218 g/mol. The second kappa shape index (κ2) is 3.21. The summed E-state index contributed by atoms with van der Waals surface area (Å²) in [6.45, 7) is 0.0998. The molecule has 0 saturated carbocycles. The fourth-order valence-corrected chi connectivity index (χ4v) is 1.45. The van der Waals surface area contributed by atoms with E-state index in [1.54, 1.807) is 0 Å². The minimum Gasteiger partial charge on any atom is -0.380 e. The molecule has 0 aliphatic carbocycles. The smallest absolute Gasteiger partial charge is 0.380 e. The lowest BCUT2D eigenvalue weighted by Crippen LogP contribution is -2.46. The fraction of sp³-hybridized carbons (Fsp3) is 0.400. The van der Waals surface area contributed by atoms with Gasteiger partial charge in [0.25, 0.3) is 0 Å². The van der Waals surface area contributed by atoms with Gasteiger partial charge in [0.2, 0.25) is 0 Å². The minimum absolute atomic E-state index is 0.0499. The first-order valence-corrected chi connectivity index (χ1v) is 4.40. The van der Waals surface area contributed by atoms with Crippen LogP contribution in [0.4, 0.5) is 13.2 Å². The summed E-state index contributed by atoms with van der Waals surface area (Å²) in [5, 5.41) is 9.78. The summed E-state index contributed by atoms with van der Waals surface area (Å²) < 4.78 is 41.9. The number of aliphatic hydroxyl groups is 1. The van der Waals surface area contributed by atoms with Gasteiger partial charge >= 0.3 is 6.18 Å². The topological polar surface area (TPSA) is 29.5 Å². The Labute approximate surface area is 84.3 Å². The molecule has 1 aromatic rings. The SMILES string of the molecule is OC1(c2cccc(C(F)(F)F)c2)COC1. The molecule has 1 heterocycles. The molecule has 0 spiro atoms. The van der Waals surface area contributed by atoms with Gasteiger partial charge in [-0.25, -0.2) is 0 Å². The molecular weight excluding hydrogens is 209 g/mol. The summed E-state index contributed by atoms with van der Waals surface area (Å²) in [4.78, 5) is 0. The molecule has 1 aliphatic heterocycles. The molecule has 5 heteroatoms. The molecule has 0 aromatic heterocycles. The molecule has 0 bridgehead atoms. The average Bonchev–Trinajstić information content (AvgIpc) is 2.13. The predicted octanol–water partition coefficient (Wildman–Crippen LogP) is 1.92. The van der Waals surface area contributed by atoms with E-state index in [1.165, 1.54) is 12.1 Å². The summed E-state index contributed by atoms with van der Waals surface area (Å²) >= 11 is 0. The van der Waals surface area contributed by atoms with Gasteiger partial charge in [-0.1, -0.05) is 12.1 Å². The van der Waals surface area contributed by atoms with E-state index in [4.69, 9.17) is 4.74 Å². The maximum atomic E-state index is 12.4. The van der Waals surface area contributed by atoms with E-state index < -0.39 is 17.3 Å². The zero-order valence-electron chi connectivity index (χ0n) is 7.71. The van der Waals surface area contributed by atoms with Gasteiger partial charge in [-0.3, -0.25) is 0 Å². The van der Waals surface area contributed by atoms with Crippen LogP contribution in [0.5, 0.6) is 0 Å². The zero-order chi connectivity index (χ0) is 11.1. The van der Waals surface area contributed by atoms with E-state index >= 15 is 0 Å². The molecule has 82 valence electrons. The van der Waals surface area contributed by atoms with E-state index in [1.807, 2.05) is 0 Å². The van der Waals surface area contributed by atoms with Crippen molar-refractivity contribution >= 4 is 0 Å². The summed E-state index contributed by atoms with van der Waals surface area (Å²) in [5.74, 6) is 0. The van der Waals surface area contributed by atoms with Gasteiger partial charge in [-0.15, -0.1) is 0 Å². The van der Waals surface area contributed by atoms with Crippen molar-refractivity contribution in [3.05, 3.63) is 35.4 Å². The van der Waals surface area contributed by atoms with E-state index in [-0.39, 0.29) is 18.8 Å². The number of benzene rings is 1. The predicted molar refractivity (Wildman–Crippen MR) is 46.2 cm³/mol. The highest BCUT2D eigenvalue weighted by atomic mass is 19.4. The van der Waals surface area contributed by atoms with Crippen LogP contribution >= 0.6 is 0 Å². The Balaban J connectivity index is 2.35. The molecule has 0 atom stereocenters. The van der Waals surface area contributed by atoms with Gasteiger partial charge in [0.05, 0.1) is 18.8 Å². The van der Waals surface area contributed by atoms with Gasteiger partial charge in [-0.2, -0.15) is 13.2 Å². The lowest BCUT2D eigenvalue weighted by molar-refractivity contribution is -0.185. The highest BCUT2D eigenvalue weighted by Gasteiger charge is 2.39. The molecule has 0 unspecified atom stereocenters. The van der Waals surface area contributed by atoms with Crippen LogP contribution in [0.25, 0.3) is 0 Å². The van der Waals surface area contributed by atoms with Crippen molar-refractivity contribution in [1.82, 2.24) is 0 Å². The first-order chi connectivity index (χ1) is 6.92. The van der Waals surface area contributed by atoms with Gasteiger partial charge < -0.3 is 9.84 Å². The Hall–Kier alpha value is -1.07. The van der Waals surface area contributed by atoms with Crippen molar-refractivity contribution in [2.24, 2.45) is 0 Å². The van der Waals surface area contributed by atoms with E-state index in [9.17, 15) is 18.3 Å². The van der Waals surface area contributed by atoms with Crippen molar-refractivity contribution in [2.75, 3.05) is 13.2 Å². The van der Waals surface area contributed by atoms with Crippen molar-refractivity contribution < 1.29 is 23.0 Å². The number of halogens is 3. The first kappa shape index (κ1) is 10.4. The van der Waals surface area contributed by atoms with Crippen molar-refractivity contribution in [3.8, 4) is 0 Å². The van der Waals surface area contributed by atoms with Crippen LogP contribution in [0.15, 0.2) is 24.3 Å². The summed E-state index contributed by atoms with van der Waals surface area (Å²) in [6.07, 6.45) is -4.38. The van der Waals surface area contributed by atoms with Crippen LogP contribution in [0.2, 0.25) is 0 Å². The second-order valence-electron chi connectivity index (χ2n) is 3.60. The number of alkyl halides is 3. The van der Waals surface area contributed by atoms with Gasteiger partial charge in [0.1, 0.15) is 5.60 Å². The third-order valence-electron chi connectivity index (χ3n) is 2.41. The molecule has 1 fully saturated rings. The monoisotopic (exact) mass is 218 g/mol. The van der Waals surface area contributed by atoms with Crippen LogP contribution in [0, 0.1) is 0 Å². The molecule has 0 amide bonds. The molecule has 1 aromatic carbocycles. The molecule has 1 saturated heterocycles. The molecule has 1 aliphatic rings. The Bertz CT molecular complexity index is 369. The van der Waals surface area contributed by atoms with Crippen LogP contribution in [0.1, 0.15) is 11.1 Å². The molecule has 15 heavy (non-hydrogen) atoms. The lowest BCUT2D eigenvalue weighted by Gasteiger charge is -2.36. The maximum absolute atomic E-state index is 12.4. The summed E-state index contributed by atoms with van der Waals surface area (Å²) in [6, 6.07) is 4.70. The lowest BCUT2D eigenvalue weighted by atomic mass is 9.91. The number of hydrogen-bond acceptors (Lipinski definition) is 2. The molecule has 0 radical (unpaired) electrons. The third kappa shape index (κ3) is 1.85. The van der Waals surface area contributed by atoms with Crippen LogP contribution < -0.4 is 0 Å². The van der Waals surface area contributed by atoms with Crippen LogP contribution in [-0.2, 0) is 16.5 Å². The second-order valence-corrected chi connectivity index (χ2v) is 3.60. The Morgan fingerprint density at radius 2 is 1.93 bits per heavy atom. The quantitative estimate of drug-likeness (QED) is 0.780. The third-order valence-corrected chi connectivity index (χ3v) is 2.41. The van der Waals surface area contributed by atoms with Gasteiger partial charge in [0, 0.05) is 0 Å². The molecular formula is C10H9F3O2. The van der Waals surface area contributed by atoms with Gasteiger partial charge in [0.15, 0.2) is 0 Å². The Kier molecular flexibility index (Phi) is 2.24. The Morgan fingerprint density at radius 3 is 2.40 bits per heavy atom. The highest BCUT2D eigenvalue weighted by Crippen LogP contribution is 2.34. The Morgan fingerprint density at radius 1 is 1.27 bits per heavy atom. The van der Waals surface area contributed by atoms with Crippen LogP contribution in [0.3, 0.4) is 0 Å². The van der Waals surface area contributed by atoms with E-state index in [0.717, 1.165) is 12.1 Å². The summed E-state index contributed by atoms with van der Waals surface area (Å²) in [7, 11) is 0. The van der Waals surface area contributed by atoms with E-state index in [2.05, 4.69) is 0 Å². The molecule has 2 nitrogen and oxygen atoms in total. The van der Waals surface area contributed by atoms with Crippen molar-refractivity contribution in [3.63, 3.8) is 0 Å². The number of ether oxygens (including phenoxy) is 1. The fourth-order valence-electron chi connectivity index (χ4n) is 1.45. The first-order valence-electron chi connectivity index (χ1n) is 4.40. The molecule has 1 N–H and O–H groups in total. The molecule has 2 rings (SSSR count). The van der Waals surface area contributed by atoms with Crippen molar-refractivity contribution in [2.45, 2.75) is 11.8 Å². The normalized spacial score (nSPS) is 19.7. The van der Waals surface area contributed by atoms with Gasteiger partial charge in [-0.05, 0) is 17.7 Å². The number of rotatable bonds is 1. The van der Waals surface area contributed by atoms with E-state index in [0.29, 0.717) is 0 Å². The largest absolute Gasteiger partial charge is 0.416 e. The maximum Gasteiger partial charge on any atom is 0.416 e. The summed E-state index contributed by atoms with van der Waals surface area (Å²) in [5.41, 5.74) is -1.75. The van der Waals surface area contributed by atoms with Crippen LogP contribution in [-0.4, -0.2) is 18.3 Å². The zero-order valence-corrected chi connectivity index (χ0v) is 7.71. The minimum atomic E-state index is -4.38.